The lowest BCUT2D eigenvalue weighted by Crippen LogP contribution is -2.47. The molecule has 3 rings (SSSR count). The zero-order chi connectivity index (χ0) is 15.5. The molecule has 22 heavy (non-hydrogen) atoms. The summed E-state index contributed by atoms with van der Waals surface area (Å²) in [5.41, 5.74) is 0.589. The molecule has 5 heteroatoms. The fourth-order valence-electron chi connectivity index (χ4n) is 4.04. The summed E-state index contributed by atoms with van der Waals surface area (Å²) in [6.45, 7) is 3.70. The van der Waals surface area contributed by atoms with Gasteiger partial charge in [0.05, 0.1) is 5.56 Å². The second-order valence-corrected chi connectivity index (χ2v) is 6.53. The van der Waals surface area contributed by atoms with E-state index in [1.165, 1.54) is 31.4 Å². The minimum atomic E-state index is -0.0959. The summed E-state index contributed by atoms with van der Waals surface area (Å²) in [7, 11) is 0. The molecule has 1 saturated carbocycles. The Morgan fingerprint density at radius 1 is 0.955 bits per heavy atom. The number of hydrogen-bond donors (Lipinski definition) is 4. The summed E-state index contributed by atoms with van der Waals surface area (Å²) in [5.74, 6) is 0.368. The minimum Gasteiger partial charge on any atom is -0.508 e. The van der Waals surface area contributed by atoms with Crippen LogP contribution in [0.5, 0.6) is 17.2 Å². The van der Waals surface area contributed by atoms with Crippen LogP contribution >= 0.6 is 0 Å². The van der Waals surface area contributed by atoms with Crippen molar-refractivity contribution in [2.45, 2.75) is 38.1 Å². The lowest BCUT2D eigenvalue weighted by molar-refractivity contribution is 0.0991. The Hall–Kier alpha value is -1.46. The van der Waals surface area contributed by atoms with Crippen molar-refractivity contribution >= 4 is 0 Å². The molecule has 0 radical (unpaired) electrons. The highest BCUT2D eigenvalue weighted by atomic mass is 16.3. The van der Waals surface area contributed by atoms with Crippen LogP contribution in [0.2, 0.25) is 0 Å². The van der Waals surface area contributed by atoms with E-state index in [1.54, 1.807) is 0 Å². The number of piperazine rings is 1. The van der Waals surface area contributed by atoms with Crippen molar-refractivity contribution in [3.8, 4) is 17.2 Å². The van der Waals surface area contributed by atoms with Crippen molar-refractivity contribution in [1.29, 1.82) is 0 Å². The third-order valence-corrected chi connectivity index (χ3v) is 5.06. The molecule has 1 aromatic carbocycles. The topological polar surface area (TPSA) is 76.0 Å². The molecule has 1 saturated heterocycles. The fourth-order valence-corrected chi connectivity index (χ4v) is 4.04. The number of phenolic OH excluding ortho intramolecular Hbond substituents is 3. The van der Waals surface area contributed by atoms with Gasteiger partial charge in [-0.3, -0.25) is 4.90 Å². The SMILES string of the molecule is Oc1cc(O)c([C@H](C2CCCCC2)N2CCNCC2)c(O)c1. The third-order valence-electron chi connectivity index (χ3n) is 5.06. The van der Waals surface area contributed by atoms with E-state index >= 15 is 0 Å². The second kappa shape index (κ2) is 6.75. The van der Waals surface area contributed by atoms with Gasteiger partial charge in [-0.15, -0.1) is 0 Å². The third kappa shape index (κ3) is 3.15. The summed E-state index contributed by atoms with van der Waals surface area (Å²) in [6.07, 6.45) is 5.97. The molecule has 1 aliphatic heterocycles. The number of hydrogen-bond acceptors (Lipinski definition) is 5. The molecule has 1 aliphatic carbocycles. The normalized spacial score (nSPS) is 22.5. The van der Waals surface area contributed by atoms with Gasteiger partial charge in [-0.2, -0.15) is 0 Å². The number of nitrogens with one attached hydrogen (secondary N) is 1. The summed E-state index contributed by atoms with van der Waals surface area (Å²) in [6, 6.07) is 2.71. The van der Waals surface area contributed by atoms with Crippen LogP contribution < -0.4 is 5.32 Å². The average molecular weight is 306 g/mol. The van der Waals surface area contributed by atoms with Crippen LogP contribution in [0.15, 0.2) is 12.1 Å². The monoisotopic (exact) mass is 306 g/mol. The zero-order valence-electron chi connectivity index (χ0n) is 13.0. The lowest BCUT2D eigenvalue weighted by Gasteiger charge is -2.41. The molecule has 5 nitrogen and oxygen atoms in total. The number of benzene rings is 1. The van der Waals surface area contributed by atoms with Gasteiger partial charge >= 0.3 is 0 Å². The zero-order valence-corrected chi connectivity index (χ0v) is 13.0. The summed E-state index contributed by atoms with van der Waals surface area (Å²) < 4.78 is 0. The number of aromatic hydroxyl groups is 3. The summed E-state index contributed by atoms with van der Waals surface area (Å²) >= 11 is 0. The molecule has 0 amide bonds. The largest absolute Gasteiger partial charge is 0.508 e. The predicted octanol–water partition coefficient (Wildman–Crippen LogP) is 2.33. The van der Waals surface area contributed by atoms with Crippen LogP contribution in [-0.4, -0.2) is 46.4 Å². The molecule has 1 aromatic rings. The highest BCUT2D eigenvalue weighted by molar-refractivity contribution is 5.50. The number of nitrogens with zero attached hydrogens (tertiary/aromatic N) is 1. The standard InChI is InChI=1S/C17H26N2O3/c20-13-10-14(21)16(15(22)11-13)17(12-4-2-1-3-5-12)19-8-6-18-7-9-19/h10-12,17-18,20-22H,1-9H2/t17-/m0/s1. The molecule has 2 aliphatic rings. The Kier molecular flexibility index (Phi) is 4.74. The predicted molar refractivity (Wildman–Crippen MR) is 85.2 cm³/mol. The van der Waals surface area contributed by atoms with Gasteiger partial charge < -0.3 is 20.6 Å². The second-order valence-electron chi connectivity index (χ2n) is 6.53. The van der Waals surface area contributed by atoms with Crippen molar-refractivity contribution in [1.82, 2.24) is 10.2 Å². The Labute approximate surface area is 131 Å². The van der Waals surface area contributed by atoms with Crippen LogP contribution in [0.1, 0.15) is 43.7 Å². The van der Waals surface area contributed by atoms with Crippen molar-refractivity contribution < 1.29 is 15.3 Å². The Morgan fingerprint density at radius 2 is 1.55 bits per heavy atom. The Balaban J connectivity index is 1.96. The van der Waals surface area contributed by atoms with Gasteiger partial charge in [0.2, 0.25) is 0 Å². The first-order chi connectivity index (χ1) is 10.7. The first-order valence-electron chi connectivity index (χ1n) is 8.36. The molecule has 0 aromatic heterocycles. The van der Waals surface area contributed by atoms with E-state index in [-0.39, 0.29) is 23.3 Å². The molecule has 1 atom stereocenters. The highest BCUT2D eigenvalue weighted by Gasteiger charge is 2.34. The van der Waals surface area contributed by atoms with Crippen molar-refractivity contribution in [2.75, 3.05) is 26.2 Å². The van der Waals surface area contributed by atoms with Gasteiger partial charge in [0.1, 0.15) is 17.2 Å². The van der Waals surface area contributed by atoms with Crippen LogP contribution in [0, 0.1) is 5.92 Å². The fraction of sp³-hybridized carbons (Fsp3) is 0.647. The molecule has 2 fully saturated rings. The first kappa shape index (κ1) is 15.4. The van der Waals surface area contributed by atoms with Crippen molar-refractivity contribution in [2.24, 2.45) is 5.92 Å². The van der Waals surface area contributed by atoms with E-state index in [0.29, 0.717) is 11.5 Å². The molecule has 4 N–H and O–H groups in total. The summed E-state index contributed by atoms with van der Waals surface area (Å²) in [5, 5.41) is 33.6. The van der Waals surface area contributed by atoms with Gasteiger partial charge in [0, 0.05) is 44.4 Å². The molecular formula is C17H26N2O3. The molecule has 122 valence electrons. The van der Waals surface area contributed by atoms with E-state index in [9.17, 15) is 15.3 Å². The first-order valence-corrected chi connectivity index (χ1v) is 8.36. The van der Waals surface area contributed by atoms with Crippen molar-refractivity contribution in [3.63, 3.8) is 0 Å². The highest BCUT2D eigenvalue weighted by Crippen LogP contribution is 2.46. The van der Waals surface area contributed by atoms with E-state index in [0.717, 1.165) is 39.0 Å². The maximum atomic E-state index is 10.3. The smallest absolute Gasteiger partial charge is 0.127 e. The van der Waals surface area contributed by atoms with Crippen LogP contribution in [0.4, 0.5) is 0 Å². The maximum absolute atomic E-state index is 10.3. The van der Waals surface area contributed by atoms with E-state index in [4.69, 9.17) is 0 Å². The van der Waals surface area contributed by atoms with Gasteiger partial charge in [-0.25, -0.2) is 0 Å². The minimum absolute atomic E-state index is 0.00612. The van der Waals surface area contributed by atoms with Crippen LogP contribution in [-0.2, 0) is 0 Å². The quantitative estimate of drug-likeness (QED) is 0.689. The van der Waals surface area contributed by atoms with Crippen LogP contribution in [0.25, 0.3) is 0 Å². The maximum Gasteiger partial charge on any atom is 0.127 e. The van der Waals surface area contributed by atoms with Gasteiger partial charge in [0.15, 0.2) is 0 Å². The molecule has 0 bridgehead atoms. The van der Waals surface area contributed by atoms with Gasteiger partial charge in [-0.05, 0) is 18.8 Å². The Bertz CT molecular complexity index is 468. The lowest BCUT2D eigenvalue weighted by atomic mass is 9.79. The Morgan fingerprint density at radius 3 is 2.14 bits per heavy atom. The molecule has 0 unspecified atom stereocenters. The molecule has 0 spiro atoms. The van der Waals surface area contributed by atoms with E-state index < -0.39 is 0 Å². The van der Waals surface area contributed by atoms with Gasteiger partial charge in [0.25, 0.3) is 0 Å². The van der Waals surface area contributed by atoms with E-state index in [2.05, 4.69) is 10.2 Å². The van der Waals surface area contributed by atoms with Crippen LogP contribution in [0.3, 0.4) is 0 Å². The van der Waals surface area contributed by atoms with Crippen molar-refractivity contribution in [3.05, 3.63) is 17.7 Å². The summed E-state index contributed by atoms with van der Waals surface area (Å²) in [4.78, 5) is 2.37. The molecular weight excluding hydrogens is 280 g/mol. The number of rotatable bonds is 3. The van der Waals surface area contributed by atoms with E-state index in [1.807, 2.05) is 0 Å². The van der Waals surface area contributed by atoms with Gasteiger partial charge in [-0.1, -0.05) is 19.3 Å². The average Bonchev–Trinajstić information content (AvgIpc) is 2.52. The molecule has 1 heterocycles. The number of phenols is 3.